The first-order chi connectivity index (χ1) is 8.38. The number of aliphatic hydroxyl groups is 1. The maximum absolute atomic E-state index is 10.6. The lowest BCUT2D eigenvalue weighted by atomic mass is 10.2. The molecule has 0 heterocycles. The van der Waals surface area contributed by atoms with E-state index >= 15 is 0 Å². The average molecular weight is 259 g/mol. The predicted octanol–water partition coefficient (Wildman–Crippen LogP) is 0.740. The highest BCUT2D eigenvalue weighted by Gasteiger charge is 2.31. The lowest BCUT2D eigenvalue weighted by molar-refractivity contribution is -0.404. The molecule has 0 radical (unpaired) electrons. The number of ether oxygens (including phenoxy) is 1. The fourth-order valence-electron chi connectivity index (χ4n) is 1.17. The number of nitro groups is 3. The van der Waals surface area contributed by atoms with Crippen molar-refractivity contribution in [3.63, 3.8) is 0 Å². The quantitative estimate of drug-likeness (QED) is 0.460. The van der Waals surface area contributed by atoms with E-state index in [2.05, 4.69) is 4.74 Å². The summed E-state index contributed by atoms with van der Waals surface area (Å²) in [6, 6.07) is 1.02. The Morgan fingerprint density at radius 2 is 1.44 bits per heavy atom. The number of nitro benzene ring substituents is 3. The molecule has 0 bridgehead atoms. The minimum absolute atomic E-state index is 0.512. The smallest absolute Gasteiger partial charge is 0.325 e. The average Bonchev–Trinajstić information content (AvgIpc) is 2.28. The first-order valence-electron chi connectivity index (χ1n) is 4.23. The van der Waals surface area contributed by atoms with E-state index in [-0.39, 0.29) is 0 Å². The first kappa shape index (κ1) is 13.2. The molecular formula is C7H5N3O8. The molecule has 1 N–H and O–H groups in total. The van der Waals surface area contributed by atoms with Gasteiger partial charge in [0.2, 0.25) is 0 Å². The molecule has 0 aliphatic rings. The Balaban J connectivity index is 3.59. The zero-order valence-corrected chi connectivity index (χ0v) is 8.51. The van der Waals surface area contributed by atoms with Gasteiger partial charge in [-0.3, -0.25) is 30.3 Å². The van der Waals surface area contributed by atoms with Gasteiger partial charge in [0.1, 0.15) is 0 Å². The number of benzene rings is 1. The summed E-state index contributed by atoms with van der Waals surface area (Å²) in [4.78, 5) is 28.6. The molecule has 0 saturated carbocycles. The second kappa shape index (κ2) is 5.01. The summed E-state index contributed by atoms with van der Waals surface area (Å²) >= 11 is 0. The Labute approximate surface area is 97.7 Å². The Kier molecular flexibility index (Phi) is 3.68. The number of hydrogen-bond acceptors (Lipinski definition) is 8. The van der Waals surface area contributed by atoms with Crippen LogP contribution in [0.4, 0.5) is 17.1 Å². The van der Waals surface area contributed by atoms with Crippen molar-refractivity contribution >= 4 is 17.1 Å². The van der Waals surface area contributed by atoms with Gasteiger partial charge < -0.3 is 9.84 Å². The first-order valence-corrected chi connectivity index (χ1v) is 4.23. The molecule has 0 atom stereocenters. The van der Waals surface area contributed by atoms with Crippen LogP contribution in [0.2, 0.25) is 0 Å². The molecule has 0 aliphatic heterocycles. The Morgan fingerprint density at radius 1 is 1.00 bits per heavy atom. The van der Waals surface area contributed by atoms with Gasteiger partial charge in [-0.05, 0) is 0 Å². The maximum Gasteiger partial charge on any atom is 0.325 e. The summed E-state index contributed by atoms with van der Waals surface area (Å²) in [5.74, 6) is -0.835. The standard InChI is InChI=1S/C7H5N3O8/c11-3-18-7-5(9(14)15)1-4(8(12)13)2-6(7)10(16)17/h1-2,11H,3H2. The van der Waals surface area contributed by atoms with Gasteiger partial charge >= 0.3 is 11.4 Å². The van der Waals surface area contributed by atoms with Gasteiger partial charge in [-0.2, -0.15) is 0 Å². The maximum atomic E-state index is 10.6. The largest absolute Gasteiger partial charge is 0.455 e. The van der Waals surface area contributed by atoms with Crippen LogP contribution < -0.4 is 4.74 Å². The van der Waals surface area contributed by atoms with Crippen molar-refractivity contribution < 1.29 is 24.6 Å². The highest BCUT2D eigenvalue weighted by Crippen LogP contribution is 2.40. The molecule has 0 amide bonds. The van der Waals surface area contributed by atoms with Crippen LogP contribution in [0, 0.1) is 30.3 Å². The van der Waals surface area contributed by atoms with Crippen molar-refractivity contribution in [1.82, 2.24) is 0 Å². The Bertz CT molecular complexity index is 492. The minimum atomic E-state index is -1.08. The van der Waals surface area contributed by atoms with E-state index in [0.717, 1.165) is 0 Å². The molecule has 0 aliphatic carbocycles. The molecule has 1 aromatic carbocycles. The zero-order chi connectivity index (χ0) is 13.9. The number of rotatable bonds is 5. The van der Waals surface area contributed by atoms with Crippen molar-refractivity contribution in [3.05, 3.63) is 42.5 Å². The third kappa shape index (κ3) is 2.46. The van der Waals surface area contributed by atoms with E-state index in [1.807, 2.05) is 0 Å². The molecule has 0 spiro atoms. The lowest BCUT2D eigenvalue weighted by Gasteiger charge is -2.04. The molecular weight excluding hydrogens is 254 g/mol. The van der Waals surface area contributed by atoms with Crippen LogP contribution in [0.1, 0.15) is 0 Å². The Morgan fingerprint density at radius 3 is 1.72 bits per heavy atom. The molecule has 1 aromatic rings. The third-order valence-electron chi connectivity index (χ3n) is 1.85. The molecule has 0 fully saturated rings. The predicted molar refractivity (Wildman–Crippen MR) is 54.1 cm³/mol. The van der Waals surface area contributed by atoms with Crippen LogP contribution in [0.5, 0.6) is 5.75 Å². The van der Waals surface area contributed by atoms with Gasteiger partial charge in [0, 0.05) is 0 Å². The number of hydrogen-bond donors (Lipinski definition) is 1. The second-order valence-electron chi connectivity index (χ2n) is 2.86. The van der Waals surface area contributed by atoms with Crippen molar-refractivity contribution in [3.8, 4) is 5.75 Å². The molecule has 18 heavy (non-hydrogen) atoms. The molecule has 0 aromatic heterocycles. The third-order valence-corrected chi connectivity index (χ3v) is 1.85. The molecule has 11 nitrogen and oxygen atoms in total. The zero-order valence-electron chi connectivity index (χ0n) is 8.51. The fraction of sp³-hybridized carbons (Fsp3) is 0.143. The number of non-ortho nitro benzene ring substituents is 1. The van der Waals surface area contributed by atoms with Gasteiger partial charge in [0.15, 0.2) is 6.79 Å². The summed E-state index contributed by atoms with van der Waals surface area (Å²) in [7, 11) is 0. The van der Waals surface area contributed by atoms with Gasteiger partial charge in [-0.15, -0.1) is 0 Å². The molecule has 96 valence electrons. The van der Waals surface area contributed by atoms with Crippen LogP contribution in [-0.4, -0.2) is 26.7 Å². The van der Waals surface area contributed by atoms with Gasteiger partial charge in [-0.25, -0.2) is 0 Å². The van der Waals surface area contributed by atoms with E-state index < -0.39 is 44.4 Å². The van der Waals surface area contributed by atoms with Gasteiger partial charge in [-0.1, -0.05) is 0 Å². The second-order valence-corrected chi connectivity index (χ2v) is 2.86. The van der Waals surface area contributed by atoms with Crippen molar-refractivity contribution in [2.75, 3.05) is 6.79 Å². The summed E-state index contributed by atoms with van der Waals surface area (Å²) in [6.07, 6.45) is 0. The van der Waals surface area contributed by atoms with E-state index in [9.17, 15) is 30.3 Å². The Hall–Kier alpha value is -2.82. The van der Waals surface area contributed by atoms with Gasteiger partial charge in [0.05, 0.1) is 26.9 Å². The van der Waals surface area contributed by atoms with Crippen LogP contribution in [0.3, 0.4) is 0 Å². The van der Waals surface area contributed by atoms with E-state index in [4.69, 9.17) is 5.11 Å². The van der Waals surface area contributed by atoms with Crippen molar-refractivity contribution in [2.24, 2.45) is 0 Å². The lowest BCUT2D eigenvalue weighted by Crippen LogP contribution is -2.04. The molecule has 0 saturated heterocycles. The number of nitrogens with zero attached hydrogens (tertiary/aromatic N) is 3. The fourth-order valence-corrected chi connectivity index (χ4v) is 1.17. The minimum Gasteiger partial charge on any atom is -0.455 e. The summed E-state index contributed by atoms with van der Waals surface area (Å²) in [5.41, 5.74) is -2.76. The highest BCUT2D eigenvalue weighted by atomic mass is 16.6. The van der Waals surface area contributed by atoms with E-state index in [1.165, 1.54) is 0 Å². The van der Waals surface area contributed by atoms with Crippen LogP contribution >= 0.6 is 0 Å². The van der Waals surface area contributed by atoms with Crippen LogP contribution in [-0.2, 0) is 0 Å². The van der Waals surface area contributed by atoms with E-state index in [1.54, 1.807) is 0 Å². The highest BCUT2D eigenvalue weighted by molar-refractivity contribution is 5.65. The molecule has 11 heteroatoms. The van der Waals surface area contributed by atoms with Crippen molar-refractivity contribution in [1.29, 1.82) is 0 Å². The SMILES string of the molecule is O=[N+]([O-])c1cc([N+](=O)[O-])c(OCO)c([N+](=O)[O-])c1. The monoisotopic (exact) mass is 259 g/mol. The summed E-state index contributed by atoms with van der Waals surface area (Å²) in [6.45, 7) is -1.04. The van der Waals surface area contributed by atoms with Crippen molar-refractivity contribution in [2.45, 2.75) is 0 Å². The van der Waals surface area contributed by atoms with Gasteiger partial charge in [0.25, 0.3) is 11.4 Å². The normalized spacial score (nSPS) is 9.83. The number of aliphatic hydroxyl groups excluding tert-OH is 1. The molecule has 0 unspecified atom stereocenters. The van der Waals surface area contributed by atoms with Crippen LogP contribution in [0.25, 0.3) is 0 Å². The van der Waals surface area contributed by atoms with E-state index in [0.29, 0.717) is 12.1 Å². The molecule has 1 rings (SSSR count). The summed E-state index contributed by atoms with van der Waals surface area (Å²) in [5, 5.41) is 40.3. The summed E-state index contributed by atoms with van der Waals surface area (Å²) < 4.78 is 4.38. The topological polar surface area (TPSA) is 159 Å². The van der Waals surface area contributed by atoms with Crippen LogP contribution in [0.15, 0.2) is 12.1 Å².